The van der Waals surface area contributed by atoms with Gasteiger partial charge in [0, 0.05) is 11.4 Å². The number of amides is 1. The molecule has 1 saturated carbocycles. The van der Waals surface area contributed by atoms with E-state index in [4.69, 9.17) is 5.11 Å². The predicted octanol–water partition coefficient (Wildman–Crippen LogP) is 1.02. The van der Waals surface area contributed by atoms with Gasteiger partial charge in [-0.1, -0.05) is 0 Å². The first-order valence-corrected chi connectivity index (χ1v) is 7.36. The largest absolute Gasteiger partial charge is 0.478 e. The maximum atomic E-state index is 11.9. The van der Waals surface area contributed by atoms with E-state index in [0.29, 0.717) is 17.4 Å². The third-order valence-corrected chi connectivity index (χ3v) is 4.23. The van der Waals surface area contributed by atoms with Crippen molar-refractivity contribution < 1.29 is 18.9 Å². The summed E-state index contributed by atoms with van der Waals surface area (Å²) in [6.45, 7) is 0.661. The summed E-state index contributed by atoms with van der Waals surface area (Å²) >= 11 is 0. The fourth-order valence-electron chi connectivity index (χ4n) is 1.58. The van der Waals surface area contributed by atoms with Gasteiger partial charge in [0.1, 0.15) is 5.75 Å². The number of aromatic carboxylic acids is 1. The molecule has 1 aliphatic carbocycles. The molecular weight excluding hydrogens is 266 g/mol. The minimum atomic E-state index is -1.43. The fourth-order valence-corrected chi connectivity index (χ4v) is 2.53. The SMILES string of the molecule is O=C(CS(=O)c1ccc(C(=O)O)cc1)NCC1CC1. The summed E-state index contributed by atoms with van der Waals surface area (Å²) in [7, 11) is -1.43. The molecule has 102 valence electrons. The third kappa shape index (κ3) is 4.17. The van der Waals surface area contributed by atoms with Crippen LogP contribution in [0, 0.1) is 5.92 Å². The Morgan fingerprint density at radius 1 is 1.26 bits per heavy atom. The lowest BCUT2D eigenvalue weighted by Crippen LogP contribution is -2.30. The second-order valence-electron chi connectivity index (χ2n) is 4.57. The van der Waals surface area contributed by atoms with Crippen LogP contribution in [0.5, 0.6) is 0 Å². The van der Waals surface area contributed by atoms with Crippen molar-refractivity contribution in [3.05, 3.63) is 29.8 Å². The summed E-state index contributed by atoms with van der Waals surface area (Å²) in [5.41, 5.74) is 0.138. The molecule has 5 nitrogen and oxygen atoms in total. The van der Waals surface area contributed by atoms with Crippen molar-refractivity contribution in [3.63, 3.8) is 0 Å². The molecule has 0 spiro atoms. The summed E-state index contributed by atoms with van der Waals surface area (Å²) < 4.78 is 11.9. The number of benzene rings is 1. The van der Waals surface area contributed by atoms with Crippen molar-refractivity contribution in [3.8, 4) is 0 Å². The smallest absolute Gasteiger partial charge is 0.335 e. The van der Waals surface area contributed by atoms with Crippen LogP contribution in [-0.2, 0) is 15.6 Å². The van der Waals surface area contributed by atoms with Crippen LogP contribution in [0.15, 0.2) is 29.2 Å². The van der Waals surface area contributed by atoms with Crippen LogP contribution < -0.4 is 5.32 Å². The zero-order chi connectivity index (χ0) is 13.8. The molecule has 0 bridgehead atoms. The number of carbonyl (C=O) groups excluding carboxylic acids is 1. The number of nitrogens with one attached hydrogen (secondary N) is 1. The van der Waals surface area contributed by atoms with E-state index >= 15 is 0 Å². The average molecular weight is 281 g/mol. The van der Waals surface area contributed by atoms with Crippen LogP contribution in [0.1, 0.15) is 23.2 Å². The van der Waals surface area contributed by atoms with Gasteiger partial charge in [-0.25, -0.2) is 4.79 Å². The van der Waals surface area contributed by atoms with Gasteiger partial charge >= 0.3 is 5.97 Å². The highest BCUT2D eigenvalue weighted by Gasteiger charge is 2.22. The Labute approximate surface area is 113 Å². The van der Waals surface area contributed by atoms with E-state index in [1.165, 1.54) is 24.3 Å². The van der Waals surface area contributed by atoms with Gasteiger partial charge in [0.15, 0.2) is 0 Å². The Hall–Kier alpha value is -1.69. The Morgan fingerprint density at radius 3 is 2.42 bits per heavy atom. The van der Waals surface area contributed by atoms with Gasteiger partial charge in [0.2, 0.25) is 5.91 Å². The lowest BCUT2D eigenvalue weighted by molar-refractivity contribution is -0.118. The number of carboxylic acids is 1. The zero-order valence-corrected chi connectivity index (χ0v) is 11.1. The monoisotopic (exact) mass is 281 g/mol. The van der Waals surface area contributed by atoms with Gasteiger partial charge < -0.3 is 10.4 Å². The standard InChI is InChI=1S/C13H15NO4S/c15-12(14-7-9-1-2-9)8-19(18)11-5-3-10(4-6-11)13(16)17/h3-6,9H,1-2,7-8H2,(H,14,15)(H,16,17). The van der Waals surface area contributed by atoms with Crippen molar-refractivity contribution in [1.82, 2.24) is 5.32 Å². The molecule has 6 heteroatoms. The Kier molecular flexibility index (Phi) is 4.31. The van der Waals surface area contributed by atoms with Crippen LogP contribution in [0.25, 0.3) is 0 Å². The molecule has 1 aliphatic rings. The van der Waals surface area contributed by atoms with E-state index in [-0.39, 0.29) is 17.2 Å². The molecule has 2 rings (SSSR count). The summed E-state index contributed by atoms with van der Waals surface area (Å²) in [6, 6.07) is 5.73. The summed E-state index contributed by atoms with van der Waals surface area (Å²) in [6.07, 6.45) is 2.31. The zero-order valence-electron chi connectivity index (χ0n) is 10.3. The molecule has 0 heterocycles. The number of hydrogen-bond donors (Lipinski definition) is 2. The number of carbonyl (C=O) groups is 2. The Morgan fingerprint density at radius 2 is 1.89 bits per heavy atom. The minimum absolute atomic E-state index is 0.0842. The lowest BCUT2D eigenvalue weighted by Gasteiger charge is -2.04. The Bertz CT molecular complexity index is 508. The van der Waals surface area contributed by atoms with E-state index < -0.39 is 16.8 Å². The van der Waals surface area contributed by atoms with E-state index in [1.54, 1.807) is 0 Å². The predicted molar refractivity (Wildman–Crippen MR) is 70.4 cm³/mol. The summed E-state index contributed by atoms with van der Waals surface area (Å²) in [5, 5.41) is 11.5. The van der Waals surface area contributed by atoms with Crippen LogP contribution in [0.4, 0.5) is 0 Å². The van der Waals surface area contributed by atoms with Crippen molar-refractivity contribution in [1.29, 1.82) is 0 Å². The molecular formula is C13H15NO4S. The van der Waals surface area contributed by atoms with Crippen LogP contribution in [-0.4, -0.2) is 33.5 Å². The number of carboxylic acid groups (broad SMARTS) is 1. The van der Waals surface area contributed by atoms with Crippen LogP contribution in [0.2, 0.25) is 0 Å². The van der Waals surface area contributed by atoms with Crippen LogP contribution >= 0.6 is 0 Å². The van der Waals surface area contributed by atoms with Crippen molar-refractivity contribution in [2.45, 2.75) is 17.7 Å². The highest BCUT2D eigenvalue weighted by Crippen LogP contribution is 2.27. The first kappa shape index (κ1) is 13.7. The third-order valence-electron chi connectivity index (χ3n) is 2.91. The first-order chi connectivity index (χ1) is 9.06. The van der Waals surface area contributed by atoms with Gasteiger partial charge in [-0.15, -0.1) is 0 Å². The van der Waals surface area contributed by atoms with E-state index in [9.17, 15) is 13.8 Å². The van der Waals surface area contributed by atoms with E-state index in [0.717, 1.165) is 12.8 Å². The highest BCUT2D eigenvalue weighted by atomic mass is 32.2. The summed E-state index contributed by atoms with van der Waals surface area (Å²) in [4.78, 5) is 22.7. The summed E-state index contributed by atoms with van der Waals surface area (Å²) in [5.74, 6) is -0.752. The van der Waals surface area contributed by atoms with Gasteiger partial charge in [-0.3, -0.25) is 9.00 Å². The maximum absolute atomic E-state index is 11.9. The molecule has 0 saturated heterocycles. The van der Waals surface area contributed by atoms with E-state index in [2.05, 4.69) is 5.32 Å². The van der Waals surface area contributed by atoms with Gasteiger partial charge in [0.05, 0.1) is 16.4 Å². The topological polar surface area (TPSA) is 83.5 Å². The lowest BCUT2D eigenvalue weighted by atomic mass is 10.2. The van der Waals surface area contributed by atoms with Crippen molar-refractivity contribution in [2.24, 2.45) is 5.92 Å². The average Bonchev–Trinajstić information content (AvgIpc) is 3.20. The number of rotatable bonds is 6. The van der Waals surface area contributed by atoms with Crippen molar-refractivity contribution in [2.75, 3.05) is 12.3 Å². The second-order valence-corrected chi connectivity index (χ2v) is 6.02. The maximum Gasteiger partial charge on any atom is 0.335 e. The molecule has 1 atom stereocenters. The normalized spacial score (nSPS) is 15.8. The molecule has 0 radical (unpaired) electrons. The molecule has 1 aromatic carbocycles. The van der Waals surface area contributed by atoms with Crippen molar-refractivity contribution >= 4 is 22.7 Å². The quantitative estimate of drug-likeness (QED) is 0.815. The van der Waals surface area contributed by atoms with Crippen LogP contribution in [0.3, 0.4) is 0 Å². The second kappa shape index (κ2) is 5.97. The molecule has 1 unspecified atom stereocenters. The molecule has 0 aliphatic heterocycles. The van der Waals surface area contributed by atoms with E-state index in [1.807, 2.05) is 0 Å². The first-order valence-electron chi connectivity index (χ1n) is 6.04. The van der Waals surface area contributed by atoms with Gasteiger partial charge in [-0.2, -0.15) is 0 Å². The highest BCUT2D eigenvalue weighted by molar-refractivity contribution is 7.85. The molecule has 2 N–H and O–H groups in total. The molecule has 1 fully saturated rings. The molecule has 19 heavy (non-hydrogen) atoms. The molecule has 1 amide bonds. The Balaban J connectivity index is 1.87. The molecule has 0 aromatic heterocycles. The van der Waals surface area contributed by atoms with Gasteiger partial charge in [0.25, 0.3) is 0 Å². The fraction of sp³-hybridized carbons (Fsp3) is 0.385. The minimum Gasteiger partial charge on any atom is -0.478 e. The number of hydrogen-bond acceptors (Lipinski definition) is 3. The molecule has 1 aromatic rings. The van der Waals surface area contributed by atoms with Gasteiger partial charge in [-0.05, 0) is 43.0 Å².